The predicted molar refractivity (Wildman–Crippen MR) is 82.5 cm³/mol. The predicted octanol–water partition coefficient (Wildman–Crippen LogP) is 4.17. The van der Waals surface area contributed by atoms with Crippen molar-refractivity contribution in [3.63, 3.8) is 0 Å². The molecule has 2 aromatic carbocycles. The van der Waals surface area contributed by atoms with E-state index in [1.165, 1.54) is 0 Å². The zero-order chi connectivity index (χ0) is 14.2. The fourth-order valence-electron chi connectivity index (χ4n) is 1.94. The van der Waals surface area contributed by atoms with E-state index in [0.717, 1.165) is 30.3 Å². The highest BCUT2D eigenvalue weighted by atomic mass is 16.5. The molecule has 2 rings (SSSR count). The molecule has 0 spiro atoms. The fraction of sp³-hybridized carbons (Fsp3) is 0.294. The molecule has 0 fully saturated rings. The van der Waals surface area contributed by atoms with Crippen molar-refractivity contribution in [2.75, 3.05) is 25.6 Å². The van der Waals surface area contributed by atoms with Gasteiger partial charge in [-0.1, -0.05) is 37.3 Å². The monoisotopic (exact) mass is 271 g/mol. The van der Waals surface area contributed by atoms with Crippen molar-refractivity contribution in [3.05, 3.63) is 54.6 Å². The molecule has 0 radical (unpaired) electrons. The van der Waals surface area contributed by atoms with Gasteiger partial charge in [-0.15, -0.1) is 0 Å². The molecule has 20 heavy (non-hydrogen) atoms. The molecule has 0 saturated carbocycles. The third-order valence-corrected chi connectivity index (χ3v) is 2.95. The molecular weight excluding hydrogens is 250 g/mol. The third kappa shape index (κ3) is 4.28. The van der Waals surface area contributed by atoms with Crippen LogP contribution in [0.15, 0.2) is 54.6 Å². The van der Waals surface area contributed by atoms with Gasteiger partial charge in [0.05, 0.1) is 12.3 Å². The highest BCUT2D eigenvalue weighted by Gasteiger charge is 2.06. The van der Waals surface area contributed by atoms with E-state index in [2.05, 4.69) is 12.2 Å². The maximum atomic E-state index is 5.91. The summed E-state index contributed by atoms with van der Waals surface area (Å²) < 4.78 is 11.1. The number of para-hydroxylation sites is 3. The van der Waals surface area contributed by atoms with Crippen LogP contribution >= 0.6 is 0 Å². The standard InChI is InChI=1S/C17H21NO2/c1-14(13-19-2)12-18-16-10-6-7-11-17(16)20-15-8-4-3-5-9-15/h3-11,14,18H,12-13H2,1-2H3. The van der Waals surface area contributed by atoms with E-state index in [0.29, 0.717) is 5.92 Å². The summed E-state index contributed by atoms with van der Waals surface area (Å²) in [6.07, 6.45) is 0. The van der Waals surface area contributed by atoms with Gasteiger partial charge in [-0.25, -0.2) is 0 Å². The molecule has 2 aromatic rings. The number of benzene rings is 2. The van der Waals surface area contributed by atoms with Gasteiger partial charge < -0.3 is 14.8 Å². The maximum Gasteiger partial charge on any atom is 0.150 e. The van der Waals surface area contributed by atoms with Gasteiger partial charge >= 0.3 is 0 Å². The summed E-state index contributed by atoms with van der Waals surface area (Å²) in [7, 11) is 1.73. The van der Waals surface area contributed by atoms with E-state index in [4.69, 9.17) is 9.47 Å². The molecule has 0 amide bonds. The zero-order valence-electron chi connectivity index (χ0n) is 12.0. The molecule has 0 aliphatic carbocycles. The number of anilines is 1. The van der Waals surface area contributed by atoms with Crippen LogP contribution in [-0.2, 0) is 4.74 Å². The minimum Gasteiger partial charge on any atom is -0.455 e. The molecule has 0 aliphatic heterocycles. The largest absolute Gasteiger partial charge is 0.455 e. The zero-order valence-corrected chi connectivity index (χ0v) is 12.0. The minimum atomic E-state index is 0.449. The van der Waals surface area contributed by atoms with E-state index in [-0.39, 0.29) is 0 Å². The number of ether oxygens (including phenoxy) is 2. The first-order chi connectivity index (χ1) is 9.79. The second kappa shape index (κ2) is 7.56. The number of hydrogen-bond acceptors (Lipinski definition) is 3. The summed E-state index contributed by atoms with van der Waals surface area (Å²) in [5.41, 5.74) is 0.999. The van der Waals surface area contributed by atoms with Gasteiger partial charge in [0.15, 0.2) is 5.75 Å². The van der Waals surface area contributed by atoms with Crippen LogP contribution in [-0.4, -0.2) is 20.3 Å². The molecule has 0 aliphatic rings. The Morgan fingerprint density at radius 3 is 2.45 bits per heavy atom. The molecule has 1 unspecified atom stereocenters. The quantitative estimate of drug-likeness (QED) is 0.819. The molecule has 106 valence electrons. The van der Waals surface area contributed by atoms with E-state index in [9.17, 15) is 0 Å². The Balaban J connectivity index is 2.02. The van der Waals surface area contributed by atoms with Crippen molar-refractivity contribution in [2.24, 2.45) is 5.92 Å². The first-order valence-electron chi connectivity index (χ1n) is 6.84. The van der Waals surface area contributed by atoms with Crippen LogP contribution in [0.2, 0.25) is 0 Å². The Hall–Kier alpha value is -2.00. The molecule has 0 heterocycles. The maximum absolute atomic E-state index is 5.91. The first kappa shape index (κ1) is 14.4. The van der Waals surface area contributed by atoms with Gasteiger partial charge in [-0.3, -0.25) is 0 Å². The smallest absolute Gasteiger partial charge is 0.150 e. The second-order valence-electron chi connectivity index (χ2n) is 4.85. The third-order valence-electron chi connectivity index (χ3n) is 2.95. The number of rotatable bonds is 7. The molecule has 0 bridgehead atoms. The van der Waals surface area contributed by atoms with Crippen LogP contribution in [0, 0.1) is 5.92 Å². The second-order valence-corrected chi connectivity index (χ2v) is 4.85. The fourth-order valence-corrected chi connectivity index (χ4v) is 1.94. The van der Waals surface area contributed by atoms with Crippen molar-refractivity contribution >= 4 is 5.69 Å². The lowest BCUT2D eigenvalue weighted by Gasteiger charge is -2.16. The lowest BCUT2D eigenvalue weighted by molar-refractivity contribution is 0.164. The molecule has 3 heteroatoms. The van der Waals surface area contributed by atoms with Crippen LogP contribution in [0.4, 0.5) is 5.69 Å². The van der Waals surface area contributed by atoms with Gasteiger partial charge in [0.1, 0.15) is 5.75 Å². The average Bonchev–Trinajstić information content (AvgIpc) is 2.48. The summed E-state index contributed by atoms with van der Waals surface area (Å²) in [6.45, 7) is 3.74. The first-order valence-corrected chi connectivity index (χ1v) is 6.84. The Bertz CT molecular complexity index is 513. The van der Waals surface area contributed by atoms with E-state index < -0.39 is 0 Å². The summed E-state index contributed by atoms with van der Waals surface area (Å²) in [5, 5.41) is 3.41. The summed E-state index contributed by atoms with van der Waals surface area (Å²) in [6, 6.07) is 17.8. The van der Waals surface area contributed by atoms with E-state index in [1.54, 1.807) is 7.11 Å². The molecule has 1 atom stereocenters. The molecular formula is C17H21NO2. The van der Waals surface area contributed by atoms with E-state index in [1.807, 2.05) is 54.6 Å². The van der Waals surface area contributed by atoms with E-state index >= 15 is 0 Å². The normalized spacial score (nSPS) is 11.9. The Morgan fingerprint density at radius 2 is 1.70 bits per heavy atom. The Kier molecular flexibility index (Phi) is 5.44. The lowest BCUT2D eigenvalue weighted by Crippen LogP contribution is -2.16. The van der Waals surface area contributed by atoms with Gasteiger partial charge in [-0.05, 0) is 30.2 Å². The lowest BCUT2D eigenvalue weighted by atomic mass is 10.2. The van der Waals surface area contributed by atoms with Gasteiger partial charge in [0, 0.05) is 13.7 Å². The van der Waals surface area contributed by atoms with Gasteiger partial charge in [-0.2, -0.15) is 0 Å². The average molecular weight is 271 g/mol. The van der Waals surface area contributed by atoms with Crippen molar-refractivity contribution in [3.8, 4) is 11.5 Å². The van der Waals surface area contributed by atoms with Gasteiger partial charge in [0.2, 0.25) is 0 Å². The Labute approximate surface area is 120 Å². The van der Waals surface area contributed by atoms with Crippen LogP contribution in [0.5, 0.6) is 11.5 Å². The highest BCUT2D eigenvalue weighted by Crippen LogP contribution is 2.29. The summed E-state index contributed by atoms with van der Waals surface area (Å²) >= 11 is 0. The van der Waals surface area contributed by atoms with Crippen LogP contribution < -0.4 is 10.1 Å². The van der Waals surface area contributed by atoms with Crippen molar-refractivity contribution in [1.29, 1.82) is 0 Å². The summed E-state index contributed by atoms with van der Waals surface area (Å²) in [4.78, 5) is 0. The van der Waals surface area contributed by atoms with Crippen LogP contribution in [0.25, 0.3) is 0 Å². The van der Waals surface area contributed by atoms with Crippen LogP contribution in [0.3, 0.4) is 0 Å². The minimum absolute atomic E-state index is 0.449. The molecule has 0 aromatic heterocycles. The molecule has 0 saturated heterocycles. The topological polar surface area (TPSA) is 30.5 Å². The molecule has 3 nitrogen and oxygen atoms in total. The number of methoxy groups -OCH3 is 1. The van der Waals surface area contributed by atoms with Crippen molar-refractivity contribution in [2.45, 2.75) is 6.92 Å². The van der Waals surface area contributed by atoms with Gasteiger partial charge in [0.25, 0.3) is 0 Å². The highest BCUT2D eigenvalue weighted by molar-refractivity contribution is 5.57. The summed E-state index contributed by atoms with van der Waals surface area (Å²) in [5.74, 6) is 2.12. The van der Waals surface area contributed by atoms with Crippen molar-refractivity contribution in [1.82, 2.24) is 0 Å². The van der Waals surface area contributed by atoms with Crippen LogP contribution in [0.1, 0.15) is 6.92 Å². The number of hydrogen-bond donors (Lipinski definition) is 1. The number of nitrogens with one attached hydrogen (secondary N) is 1. The molecule has 1 N–H and O–H groups in total. The SMILES string of the molecule is COCC(C)CNc1ccccc1Oc1ccccc1. The van der Waals surface area contributed by atoms with Crippen molar-refractivity contribution < 1.29 is 9.47 Å². The Morgan fingerprint density at radius 1 is 1.00 bits per heavy atom.